The van der Waals surface area contributed by atoms with Gasteiger partial charge in [0.15, 0.2) is 6.29 Å². The molecule has 0 spiro atoms. The average molecular weight is 242 g/mol. The van der Waals surface area contributed by atoms with E-state index < -0.39 is 0 Å². The van der Waals surface area contributed by atoms with Crippen LogP contribution in [-0.4, -0.2) is 16.1 Å². The Kier molecular flexibility index (Phi) is 3.07. The summed E-state index contributed by atoms with van der Waals surface area (Å²) in [6.07, 6.45) is 0.837. The summed E-state index contributed by atoms with van der Waals surface area (Å²) in [4.78, 5) is 10.9. The van der Waals surface area contributed by atoms with E-state index in [1.165, 1.54) is 22.3 Å². The van der Waals surface area contributed by atoms with Gasteiger partial charge in [0.1, 0.15) is 5.69 Å². The van der Waals surface area contributed by atoms with Crippen LogP contribution in [0.5, 0.6) is 0 Å². The summed E-state index contributed by atoms with van der Waals surface area (Å²) < 4.78 is 1.62. The molecule has 0 aliphatic heterocycles. The normalized spacial score (nSPS) is 10.7. The van der Waals surface area contributed by atoms with Crippen molar-refractivity contribution in [3.63, 3.8) is 0 Å². The minimum Gasteiger partial charge on any atom is -0.296 e. The van der Waals surface area contributed by atoms with Crippen LogP contribution in [0, 0.1) is 27.7 Å². The molecule has 3 nitrogen and oxygen atoms in total. The molecule has 2 rings (SSSR count). The molecular formula is C15H18N2O. The van der Waals surface area contributed by atoms with Crippen LogP contribution in [0.1, 0.15) is 32.7 Å². The average Bonchev–Trinajstić information content (AvgIpc) is 2.68. The highest BCUT2D eigenvalue weighted by atomic mass is 16.1. The van der Waals surface area contributed by atoms with Crippen LogP contribution >= 0.6 is 0 Å². The molecule has 0 amide bonds. The van der Waals surface area contributed by atoms with E-state index in [1.54, 1.807) is 11.7 Å². The molecule has 0 fully saturated rings. The van der Waals surface area contributed by atoms with Gasteiger partial charge in [-0.25, -0.2) is 0 Å². The van der Waals surface area contributed by atoms with Gasteiger partial charge in [-0.2, -0.15) is 5.10 Å². The summed E-state index contributed by atoms with van der Waals surface area (Å²) in [5.41, 5.74) is 7.60. The van der Waals surface area contributed by atoms with Crippen molar-refractivity contribution in [2.75, 3.05) is 0 Å². The van der Waals surface area contributed by atoms with E-state index in [1.807, 2.05) is 6.07 Å². The van der Waals surface area contributed by atoms with E-state index >= 15 is 0 Å². The van der Waals surface area contributed by atoms with Crippen LogP contribution < -0.4 is 0 Å². The van der Waals surface area contributed by atoms with E-state index in [4.69, 9.17) is 0 Å². The molecule has 0 saturated carbocycles. The Morgan fingerprint density at radius 1 is 1.06 bits per heavy atom. The number of aromatic nitrogens is 2. The molecule has 2 aromatic rings. The van der Waals surface area contributed by atoms with Gasteiger partial charge in [0.05, 0.1) is 5.69 Å². The number of hydrogen-bond acceptors (Lipinski definition) is 2. The highest BCUT2D eigenvalue weighted by Crippen LogP contribution is 2.30. The summed E-state index contributed by atoms with van der Waals surface area (Å²) in [5, 5.41) is 4.44. The second-order valence-corrected chi connectivity index (χ2v) is 4.83. The molecule has 0 atom stereocenters. The molecule has 0 aliphatic carbocycles. The van der Waals surface area contributed by atoms with Crippen LogP contribution in [0.25, 0.3) is 11.3 Å². The molecule has 1 aromatic carbocycles. The molecule has 18 heavy (non-hydrogen) atoms. The number of rotatable bonds is 2. The van der Waals surface area contributed by atoms with Gasteiger partial charge >= 0.3 is 0 Å². The van der Waals surface area contributed by atoms with Crippen LogP contribution in [0.2, 0.25) is 0 Å². The summed E-state index contributed by atoms with van der Waals surface area (Å²) >= 11 is 0. The van der Waals surface area contributed by atoms with Crippen molar-refractivity contribution in [2.24, 2.45) is 7.05 Å². The molecule has 94 valence electrons. The van der Waals surface area contributed by atoms with Crippen molar-refractivity contribution in [3.05, 3.63) is 40.1 Å². The number of aldehydes is 1. The Balaban J connectivity index is 2.73. The van der Waals surface area contributed by atoms with Gasteiger partial charge < -0.3 is 0 Å². The maximum Gasteiger partial charge on any atom is 0.168 e. The van der Waals surface area contributed by atoms with Crippen LogP contribution in [-0.2, 0) is 7.05 Å². The molecule has 0 bridgehead atoms. The van der Waals surface area contributed by atoms with E-state index in [2.05, 4.69) is 38.9 Å². The Morgan fingerprint density at radius 2 is 1.61 bits per heavy atom. The summed E-state index contributed by atoms with van der Waals surface area (Å²) in [6.45, 7) is 8.42. The maximum atomic E-state index is 10.9. The molecular weight excluding hydrogens is 224 g/mol. The second-order valence-electron chi connectivity index (χ2n) is 4.83. The van der Waals surface area contributed by atoms with Gasteiger partial charge in [-0.05, 0) is 56.0 Å². The molecule has 3 heteroatoms. The molecule has 0 unspecified atom stereocenters. The number of carbonyl (C=O) groups excluding carboxylic acids is 1. The third-order valence-electron chi connectivity index (χ3n) is 3.66. The van der Waals surface area contributed by atoms with Gasteiger partial charge in [-0.1, -0.05) is 6.07 Å². The Hall–Kier alpha value is -1.90. The summed E-state index contributed by atoms with van der Waals surface area (Å²) in [6, 6.07) is 4.04. The van der Waals surface area contributed by atoms with Gasteiger partial charge in [0.25, 0.3) is 0 Å². The lowest BCUT2D eigenvalue weighted by atomic mass is 9.92. The first-order valence-electron chi connectivity index (χ1n) is 6.02. The predicted molar refractivity (Wildman–Crippen MR) is 73.0 cm³/mol. The highest BCUT2D eigenvalue weighted by Gasteiger charge is 2.14. The van der Waals surface area contributed by atoms with E-state index in [0.717, 1.165) is 17.5 Å². The van der Waals surface area contributed by atoms with Gasteiger partial charge in [0.2, 0.25) is 0 Å². The largest absolute Gasteiger partial charge is 0.296 e. The van der Waals surface area contributed by atoms with Gasteiger partial charge in [-0.3, -0.25) is 9.48 Å². The van der Waals surface area contributed by atoms with Crippen molar-refractivity contribution in [1.29, 1.82) is 0 Å². The smallest absolute Gasteiger partial charge is 0.168 e. The lowest BCUT2D eigenvalue weighted by molar-refractivity contribution is 0.111. The van der Waals surface area contributed by atoms with Crippen molar-refractivity contribution >= 4 is 6.29 Å². The first-order valence-corrected chi connectivity index (χ1v) is 6.02. The van der Waals surface area contributed by atoms with Crippen molar-refractivity contribution in [1.82, 2.24) is 9.78 Å². The quantitative estimate of drug-likeness (QED) is 0.758. The molecule has 0 radical (unpaired) electrons. The number of aryl methyl sites for hydroxylation is 3. The zero-order valence-electron chi connectivity index (χ0n) is 11.5. The third-order valence-corrected chi connectivity index (χ3v) is 3.66. The van der Waals surface area contributed by atoms with Crippen LogP contribution in [0.15, 0.2) is 12.1 Å². The number of nitrogens with zero attached hydrogens (tertiary/aromatic N) is 2. The molecule has 1 aromatic heterocycles. The van der Waals surface area contributed by atoms with Gasteiger partial charge in [0, 0.05) is 12.6 Å². The number of carbonyl (C=O) groups is 1. The van der Waals surface area contributed by atoms with Crippen LogP contribution in [0.3, 0.4) is 0 Å². The van der Waals surface area contributed by atoms with E-state index in [-0.39, 0.29) is 0 Å². The van der Waals surface area contributed by atoms with Crippen molar-refractivity contribution in [2.45, 2.75) is 27.7 Å². The maximum absolute atomic E-state index is 10.9. The SMILES string of the molecule is Cc1cc(C)c(C)c(-c2cc(C=O)n(C)n2)c1C. The minimum absolute atomic E-state index is 0.600. The lowest BCUT2D eigenvalue weighted by Gasteiger charge is -2.13. The summed E-state index contributed by atoms with van der Waals surface area (Å²) in [5.74, 6) is 0. The standard InChI is InChI=1S/C15H18N2O/c1-9-6-10(2)12(4)15(11(9)3)14-7-13(8-18)17(5)16-14/h6-8H,1-5H3. The first kappa shape index (κ1) is 12.6. The van der Waals surface area contributed by atoms with Crippen molar-refractivity contribution in [3.8, 4) is 11.3 Å². The summed E-state index contributed by atoms with van der Waals surface area (Å²) in [7, 11) is 1.79. The topological polar surface area (TPSA) is 34.9 Å². The monoisotopic (exact) mass is 242 g/mol. The van der Waals surface area contributed by atoms with Gasteiger partial charge in [-0.15, -0.1) is 0 Å². The minimum atomic E-state index is 0.600. The second kappa shape index (κ2) is 4.41. The number of benzene rings is 1. The molecule has 0 aliphatic rings. The fourth-order valence-electron chi connectivity index (χ4n) is 2.32. The van der Waals surface area contributed by atoms with E-state index in [9.17, 15) is 4.79 Å². The lowest BCUT2D eigenvalue weighted by Crippen LogP contribution is -1.98. The zero-order valence-corrected chi connectivity index (χ0v) is 11.5. The van der Waals surface area contributed by atoms with Crippen LogP contribution in [0.4, 0.5) is 0 Å². The van der Waals surface area contributed by atoms with E-state index in [0.29, 0.717) is 5.69 Å². The fraction of sp³-hybridized carbons (Fsp3) is 0.333. The Labute approximate surface area is 107 Å². The Morgan fingerprint density at radius 3 is 2.06 bits per heavy atom. The van der Waals surface area contributed by atoms with Crippen molar-refractivity contribution < 1.29 is 4.79 Å². The number of hydrogen-bond donors (Lipinski definition) is 0. The first-order chi connectivity index (χ1) is 8.45. The fourth-order valence-corrected chi connectivity index (χ4v) is 2.32. The molecule has 1 heterocycles. The molecule has 0 saturated heterocycles. The Bertz CT molecular complexity index is 598. The zero-order chi connectivity index (χ0) is 13.4. The molecule has 0 N–H and O–H groups in total. The predicted octanol–water partition coefficient (Wildman–Crippen LogP) is 3.13. The highest BCUT2D eigenvalue weighted by molar-refractivity contribution is 5.78. The third kappa shape index (κ3) is 1.86.